The first kappa shape index (κ1) is 22.4. The van der Waals surface area contributed by atoms with Crippen molar-refractivity contribution in [2.45, 2.75) is 58.9 Å². The lowest BCUT2D eigenvalue weighted by molar-refractivity contribution is 0.263. The average molecular weight is 375 g/mol. The molecule has 1 heterocycles. The van der Waals surface area contributed by atoms with Gasteiger partial charge in [-0.25, -0.2) is 0 Å². The number of nitrogens with one attached hydrogen (secondary N) is 3. The van der Waals surface area contributed by atoms with Crippen LogP contribution in [0, 0.1) is 0 Å². The Bertz CT molecular complexity index is 524. The van der Waals surface area contributed by atoms with Crippen LogP contribution >= 0.6 is 0 Å². The van der Waals surface area contributed by atoms with Gasteiger partial charge in [-0.05, 0) is 27.5 Å². The summed E-state index contributed by atoms with van der Waals surface area (Å²) in [6.45, 7) is 23.4. The van der Waals surface area contributed by atoms with Gasteiger partial charge < -0.3 is 16.0 Å². The maximum absolute atomic E-state index is 3.57. The van der Waals surface area contributed by atoms with E-state index in [1.807, 2.05) is 0 Å². The Labute approximate surface area is 167 Å². The predicted octanol–water partition coefficient (Wildman–Crippen LogP) is 2.87. The lowest BCUT2D eigenvalue weighted by Gasteiger charge is -2.28. The molecule has 1 aromatic rings. The Balaban J connectivity index is 2.16. The minimum atomic E-state index is 0.175. The Kier molecular flexibility index (Phi) is 8.29. The second-order valence-corrected chi connectivity index (χ2v) is 9.94. The molecule has 0 saturated carbocycles. The van der Waals surface area contributed by atoms with Crippen LogP contribution in [0.15, 0.2) is 18.2 Å². The largest absolute Gasteiger partial charge is 0.314 e. The molecule has 0 aromatic heterocycles. The second-order valence-electron chi connectivity index (χ2n) is 9.94. The van der Waals surface area contributed by atoms with E-state index in [1.54, 1.807) is 0 Å². The van der Waals surface area contributed by atoms with E-state index in [1.165, 1.54) is 16.7 Å². The van der Waals surface area contributed by atoms with E-state index in [2.05, 4.69) is 80.6 Å². The number of hydrogen-bond acceptors (Lipinski definition) is 4. The molecule has 0 aliphatic carbocycles. The van der Waals surface area contributed by atoms with Crippen molar-refractivity contribution < 1.29 is 0 Å². The van der Waals surface area contributed by atoms with Crippen LogP contribution in [-0.2, 0) is 17.4 Å². The summed E-state index contributed by atoms with van der Waals surface area (Å²) in [5.41, 5.74) is 4.69. The van der Waals surface area contributed by atoms with E-state index in [0.717, 1.165) is 58.9 Å². The van der Waals surface area contributed by atoms with Gasteiger partial charge in [0.25, 0.3) is 0 Å². The zero-order valence-corrected chi connectivity index (χ0v) is 18.5. The van der Waals surface area contributed by atoms with Gasteiger partial charge in [-0.3, -0.25) is 4.90 Å². The van der Waals surface area contributed by atoms with Crippen molar-refractivity contribution >= 4 is 0 Å². The minimum absolute atomic E-state index is 0.175. The molecule has 154 valence electrons. The van der Waals surface area contributed by atoms with E-state index in [0.29, 0.717) is 0 Å². The van der Waals surface area contributed by atoms with E-state index in [4.69, 9.17) is 0 Å². The van der Waals surface area contributed by atoms with Crippen molar-refractivity contribution in [3.05, 3.63) is 34.9 Å². The molecule has 1 fully saturated rings. The highest BCUT2D eigenvalue weighted by Crippen LogP contribution is 2.30. The highest BCUT2D eigenvalue weighted by atomic mass is 15.2. The van der Waals surface area contributed by atoms with Crippen molar-refractivity contribution in [1.82, 2.24) is 20.9 Å². The van der Waals surface area contributed by atoms with Crippen LogP contribution in [0.2, 0.25) is 0 Å². The lowest BCUT2D eigenvalue weighted by atomic mass is 9.79. The van der Waals surface area contributed by atoms with Crippen LogP contribution in [-0.4, -0.2) is 57.3 Å². The first-order valence-electron chi connectivity index (χ1n) is 10.7. The molecular weight excluding hydrogens is 332 g/mol. The summed E-state index contributed by atoms with van der Waals surface area (Å²) in [6, 6.07) is 7.27. The zero-order chi connectivity index (χ0) is 19.9. The maximum atomic E-state index is 3.57. The third kappa shape index (κ3) is 7.90. The molecule has 0 amide bonds. The van der Waals surface area contributed by atoms with Crippen LogP contribution in [0.25, 0.3) is 0 Å². The van der Waals surface area contributed by atoms with Crippen molar-refractivity contribution in [3.8, 4) is 0 Å². The Morgan fingerprint density at radius 2 is 1.07 bits per heavy atom. The molecule has 1 aliphatic rings. The molecule has 2 rings (SSSR count). The molecule has 4 nitrogen and oxygen atoms in total. The van der Waals surface area contributed by atoms with Gasteiger partial charge in [-0.1, -0.05) is 59.7 Å². The Morgan fingerprint density at radius 1 is 0.667 bits per heavy atom. The van der Waals surface area contributed by atoms with Gasteiger partial charge in [0, 0.05) is 58.9 Å². The third-order valence-corrected chi connectivity index (χ3v) is 5.30. The monoisotopic (exact) mass is 374 g/mol. The standard InChI is InChI=1S/C23H42N4/c1-22(2,3)20-15-19(16-21(17-20)23(4,5)6)18-27-13-11-25-9-7-24-8-10-26-12-14-27/h15-17,24-26H,7-14,18H2,1-6H3. The summed E-state index contributed by atoms with van der Waals surface area (Å²) < 4.78 is 0. The number of nitrogens with zero attached hydrogens (tertiary/aromatic N) is 1. The molecule has 1 aromatic carbocycles. The van der Waals surface area contributed by atoms with E-state index >= 15 is 0 Å². The first-order valence-corrected chi connectivity index (χ1v) is 10.7. The van der Waals surface area contributed by atoms with Crippen molar-refractivity contribution in [2.24, 2.45) is 0 Å². The summed E-state index contributed by atoms with van der Waals surface area (Å²) in [7, 11) is 0. The van der Waals surface area contributed by atoms with Crippen LogP contribution in [0.1, 0.15) is 58.2 Å². The lowest BCUT2D eigenvalue weighted by Crippen LogP contribution is -2.41. The molecule has 1 saturated heterocycles. The molecule has 27 heavy (non-hydrogen) atoms. The van der Waals surface area contributed by atoms with Crippen LogP contribution < -0.4 is 16.0 Å². The van der Waals surface area contributed by atoms with Gasteiger partial charge in [0.1, 0.15) is 0 Å². The fraction of sp³-hybridized carbons (Fsp3) is 0.739. The molecule has 0 unspecified atom stereocenters. The summed E-state index contributed by atoms with van der Waals surface area (Å²) in [6.07, 6.45) is 0. The maximum Gasteiger partial charge on any atom is 0.0235 e. The van der Waals surface area contributed by atoms with Crippen LogP contribution in [0.4, 0.5) is 0 Å². The van der Waals surface area contributed by atoms with Gasteiger partial charge in [0.15, 0.2) is 0 Å². The van der Waals surface area contributed by atoms with Crippen molar-refractivity contribution in [3.63, 3.8) is 0 Å². The van der Waals surface area contributed by atoms with Crippen LogP contribution in [0.5, 0.6) is 0 Å². The highest BCUT2D eigenvalue weighted by molar-refractivity contribution is 5.37. The van der Waals surface area contributed by atoms with Gasteiger partial charge in [0.05, 0.1) is 0 Å². The first-order chi connectivity index (χ1) is 12.7. The molecule has 0 radical (unpaired) electrons. The molecule has 0 bridgehead atoms. The molecule has 4 heteroatoms. The van der Waals surface area contributed by atoms with Gasteiger partial charge in [-0.15, -0.1) is 0 Å². The minimum Gasteiger partial charge on any atom is -0.314 e. The summed E-state index contributed by atoms with van der Waals surface area (Å²) >= 11 is 0. The smallest absolute Gasteiger partial charge is 0.0235 e. The highest BCUT2D eigenvalue weighted by Gasteiger charge is 2.21. The van der Waals surface area contributed by atoms with Crippen molar-refractivity contribution in [1.29, 1.82) is 0 Å². The van der Waals surface area contributed by atoms with Gasteiger partial charge in [0.2, 0.25) is 0 Å². The van der Waals surface area contributed by atoms with Gasteiger partial charge in [-0.2, -0.15) is 0 Å². The predicted molar refractivity (Wildman–Crippen MR) is 118 cm³/mol. The second kappa shape index (κ2) is 10.0. The average Bonchev–Trinajstić information content (AvgIpc) is 2.55. The Hall–Kier alpha value is -0.940. The summed E-state index contributed by atoms with van der Waals surface area (Å²) in [4.78, 5) is 2.59. The molecule has 0 atom stereocenters. The summed E-state index contributed by atoms with van der Waals surface area (Å²) in [5, 5.41) is 10.6. The Morgan fingerprint density at radius 3 is 1.48 bits per heavy atom. The van der Waals surface area contributed by atoms with E-state index in [9.17, 15) is 0 Å². The van der Waals surface area contributed by atoms with E-state index in [-0.39, 0.29) is 10.8 Å². The fourth-order valence-corrected chi connectivity index (χ4v) is 3.38. The quantitative estimate of drug-likeness (QED) is 0.744. The number of hydrogen-bond donors (Lipinski definition) is 3. The normalized spacial score (nSPS) is 19.3. The SMILES string of the molecule is CC(C)(C)c1cc(CN2CCNCCNCCNCC2)cc(C(C)(C)C)c1. The zero-order valence-electron chi connectivity index (χ0n) is 18.5. The van der Waals surface area contributed by atoms with Crippen molar-refractivity contribution in [2.75, 3.05) is 52.4 Å². The number of rotatable bonds is 2. The summed E-state index contributed by atoms with van der Waals surface area (Å²) in [5.74, 6) is 0. The molecular formula is C23H42N4. The number of benzene rings is 1. The topological polar surface area (TPSA) is 39.3 Å². The van der Waals surface area contributed by atoms with Gasteiger partial charge >= 0.3 is 0 Å². The molecule has 0 spiro atoms. The van der Waals surface area contributed by atoms with Crippen LogP contribution in [0.3, 0.4) is 0 Å². The molecule has 3 N–H and O–H groups in total. The van der Waals surface area contributed by atoms with E-state index < -0.39 is 0 Å². The third-order valence-electron chi connectivity index (χ3n) is 5.30. The fourth-order valence-electron chi connectivity index (χ4n) is 3.38. The molecule has 1 aliphatic heterocycles.